The van der Waals surface area contributed by atoms with E-state index in [9.17, 15) is 13.2 Å². The van der Waals surface area contributed by atoms with Gasteiger partial charge >= 0.3 is 0 Å². The number of aromatic nitrogens is 2. The third-order valence-electron chi connectivity index (χ3n) is 4.12. The molecule has 0 unspecified atom stereocenters. The van der Waals surface area contributed by atoms with Crippen molar-refractivity contribution in [1.29, 1.82) is 0 Å². The summed E-state index contributed by atoms with van der Waals surface area (Å²) in [7, 11) is -3.70. The standard InChI is InChI=1S/C18H21N3O4S2/c1-13-4-6-15(7-5-13)27(23,24)18-9-8-17(20-21-18)26-12-16(22)19-11-14-3-2-10-25-14/h4-9,14H,2-3,10-12H2,1H3,(H,19,22)/t14-/m0/s1. The first-order valence-corrected chi connectivity index (χ1v) is 11.1. The summed E-state index contributed by atoms with van der Waals surface area (Å²) in [5.74, 6) is 0.0690. The van der Waals surface area contributed by atoms with Crippen LogP contribution in [0.4, 0.5) is 0 Å². The Hall–Kier alpha value is -1.97. The number of carbonyl (C=O) groups is 1. The fraction of sp³-hybridized carbons (Fsp3) is 0.389. The topological polar surface area (TPSA) is 98.2 Å². The zero-order valence-electron chi connectivity index (χ0n) is 14.9. The number of hydrogen-bond donors (Lipinski definition) is 1. The number of rotatable bonds is 7. The fourth-order valence-electron chi connectivity index (χ4n) is 2.59. The van der Waals surface area contributed by atoms with Crippen molar-refractivity contribution in [3.05, 3.63) is 42.0 Å². The SMILES string of the molecule is Cc1ccc(S(=O)(=O)c2ccc(SCC(=O)NC[C@@H]3CCCO3)nn2)cc1. The van der Waals surface area contributed by atoms with E-state index in [1.807, 2.05) is 6.92 Å². The van der Waals surface area contributed by atoms with Crippen molar-refractivity contribution in [2.24, 2.45) is 0 Å². The molecule has 1 N–H and O–H groups in total. The van der Waals surface area contributed by atoms with E-state index in [1.165, 1.54) is 17.8 Å². The molecule has 2 heterocycles. The Balaban J connectivity index is 1.55. The van der Waals surface area contributed by atoms with Crippen LogP contribution < -0.4 is 5.32 Å². The number of aryl methyl sites for hydroxylation is 1. The van der Waals surface area contributed by atoms with Gasteiger partial charge < -0.3 is 10.1 Å². The number of hydrogen-bond acceptors (Lipinski definition) is 7. The molecule has 1 aromatic carbocycles. The van der Waals surface area contributed by atoms with Crippen molar-refractivity contribution >= 4 is 27.5 Å². The van der Waals surface area contributed by atoms with Crippen molar-refractivity contribution in [2.75, 3.05) is 18.9 Å². The highest BCUT2D eigenvalue weighted by molar-refractivity contribution is 7.99. The number of benzene rings is 1. The number of nitrogens with one attached hydrogen (secondary N) is 1. The molecule has 1 aromatic heterocycles. The molecule has 9 heteroatoms. The Labute approximate surface area is 162 Å². The first-order chi connectivity index (χ1) is 12.9. The van der Waals surface area contributed by atoms with Gasteiger partial charge in [-0.25, -0.2) is 8.42 Å². The Morgan fingerprint density at radius 3 is 2.63 bits per heavy atom. The number of thioether (sulfide) groups is 1. The van der Waals surface area contributed by atoms with Gasteiger partial charge in [-0.2, -0.15) is 0 Å². The summed E-state index contributed by atoms with van der Waals surface area (Å²) in [6.07, 6.45) is 2.10. The highest BCUT2D eigenvalue weighted by Crippen LogP contribution is 2.21. The summed E-state index contributed by atoms with van der Waals surface area (Å²) in [6, 6.07) is 9.54. The van der Waals surface area contributed by atoms with Gasteiger partial charge in [-0.3, -0.25) is 4.79 Å². The lowest BCUT2D eigenvalue weighted by molar-refractivity contribution is -0.119. The first kappa shape index (κ1) is 19.8. The fourth-order valence-corrected chi connectivity index (χ4v) is 4.37. The van der Waals surface area contributed by atoms with Gasteiger partial charge in [0.2, 0.25) is 15.7 Å². The molecule has 7 nitrogen and oxygen atoms in total. The lowest BCUT2D eigenvalue weighted by atomic mass is 10.2. The van der Waals surface area contributed by atoms with E-state index in [-0.39, 0.29) is 27.7 Å². The van der Waals surface area contributed by atoms with Crippen LogP contribution in [0.3, 0.4) is 0 Å². The van der Waals surface area contributed by atoms with E-state index in [0.717, 1.165) is 25.0 Å². The molecule has 1 aliphatic rings. The maximum Gasteiger partial charge on any atom is 0.230 e. The van der Waals surface area contributed by atoms with Crippen molar-refractivity contribution in [1.82, 2.24) is 15.5 Å². The maximum atomic E-state index is 12.5. The molecule has 1 saturated heterocycles. The highest BCUT2D eigenvalue weighted by atomic mass is 32.2. The van der Waals surface area contributed by atoms with E-state index in [4.69, 9.17) is 4.74 Å². The van der Waals surface area contributed by atoms with Gasteiger partial charge in [0.05, 0.1) is 16.8 Å². The predicted octanol–water partition coefficient (Wildman–Crippen LogP) is 2.01. The third-order valence-corrected chi connectivity index (χ3v) is 6.71. The third kappa shape index (κ3) is 5.27. The average Bonchev–Trinajstić information content (AvgIpc) is 3.19. The zero-order chi connectivity index (χ0) is 19.3. The molecule has 1 aliphatic heterocycles. The zero-order valence-corrected chi connectivity index (χ0v) is 16.6. The van der Waals surface area contributed by atoms with Crippen LogP contribution in [-0.2, 0) is 19.4 Å². The number of nitrogens with zero attached hydrogens (tertiary/aromatic N) is 2. The lowest BCUT2D eigenvalue weighted by Crippen LogP contribution is -2.32. The van der Waals surface area contributed by atoms with Crippen LogP contribution in [-0.4, -0.2) is 49.5 Å². The van der Waals surface area contributed by atoms with Gasteiger partial charge in [0, 0.05) is 13.2 Å². The number of sulfone groups is 1. The van der Waals surface area contributed by atoms with Gasteiger partial charge in [0.25, 0.3) is 0 Å². The quantitative estimate of drug-likeness (QED) is 0.701. The number of amides is 1. The van der Waals surface area contributed by atoms with E-state index < -0.39 is 9.84 Å². The molecule has 3 rings (SSSR count). The average molecular weight is 408 g/mol. The highest BCUT2D eigenvalue weighted by Gasteiger charge is 2.20. The second-order valence-corrected chi connectivity index (χ2v) is 9.15. The van der Waals surface area contributed by atoms with Gasteiger partial charge in [0.1, 0.15) is 5.03 Å². The monoisotopic (exact) mass is 407 g/mol. The van der Waals surface area contributed by atoms with Gasteiger partial charge in [-0.1, -0.05) is 29.5 Å². The molecule has 0 bridgehead atoms. The summed E-state index contributed by atoms with van der Waals surface area (Å²) in [4.78, 5) is 12.1. The summed E-state index contributed by atoms with van der Waals surface area (Å²) in [6.45, 7) is 3.15. The van der Waals surface area contributed by atoms with E-state index >= 15 is 0 Å². The molecule has 0 radical (unpaired) electrons. The van der Waals surface area contributed by atoms with Crippen LogP contribution >= 0.6 is 11.8 Å². The molecule has 1 fully saturated rings. The Morgan fingerprint density at radius 1 is 1.22 bits per heavy atom. The van der Waals surface area contributed by atoms with Gasteiger partial charge in [-0.05, 0) is 44.0 Å². The molecule has 0 spiro atoms. The Kier molecular flexibility index (Phi) is 6.46. The summed E-state index contributed by atoms with van der Waals surface area (Å²) in [5, 5.41) is 11.0. The van der Waals surface area contributed by atoms with E-state index in [1.54, 1.807) is 30.3 Å². The largest absolute Gasteiger partial charge is 0.376 e. The lowest BCUT2D eigenvalue weighted by Gasteiger charge is -2.10. The Bertz CT molecular complexity index is 878. The molecule has 144 valence electrons. The Morgan fingerprint density at radius 2 is 2.00 bits per heavy atom. The smallest absolute Gasteiger partial charge is 0.230 e. The van der Waals surface area contributed by atoms with Crippen molar-refractivity contribution in [3.63, 3.8) is 0 Å². The minimum absolute atomic E-state index is 0.102. The molecule has 0 saturated carbocycles. The molecule has 1 amide bonds. The molecular weight excluding hydrogens is 386 g/mol. The van der Waals surface area contributed by atoms with E-state index in [0.29, 0.717) is 11.6 Å². The summed E-state index contributed by atoms with van der Waals surface area (Å²) >= 11 is 1.21. The van der Waals surface area contributed by atoms with Crippen molar-refractivity contribution in [3.8, 4) is 0 Å². The molecule has 1 atom stereocenters. The van der Waals surface area contributed by atoms with Gasteiger partial charge in [-0.15, -0.1) is 10.2 Å². The number of carbonyl (C=O) groups excluding carboxylic acids is 1. The van der Waals surface area contributed by atoms with Crippen LogP contribution in [0.25, 0.3) is 0 Å². The summed E-state index contributed by atoms with van der Waals surface area (Å²) < 4.78 is 30.5. The second-order valence-electron chi connectivity index (χ2n) is 6.25. The first-order valence-electron chi connectivity index (χ1n) is 8.62. The van der Waals surface area contributed by atoms with Gasteiger partial charge in [0.15, 0.2) is 5.03 Å². The minimum atomic E-state index is -3.70. The van der Waals surface area contributed by atoms with Crippen LogP contribution in [0.1, 0.15) is 18.4 Å². The van der Waals surface area contributed by atoms with Crippen LogP contribution in [0, 0.1) is 6.92 Å². The molecule has 2 aromatic rings. The maximum absolute atomic E-state index is 12.5. The van der Waals surface area contributed by atoms with E-state index in [2.05, 4.69) is 15.5 Å². The second kappa shape index (κ2) is 8.81. The van der Waals surface area contributed by atoms with Crippen molar-refractivity contribution in [2.45, 2.75) is 40.8 Å². The summed E-state index contributed by atoms with van der Waals surface area (Å²) in [5.41, 5.74) is 0.976. The molecule has 0 aliphatic carbocycles. The van der Waals surface area contributed by atoms with Crippen LogP contribution in [0.2, 0.25) is 0 Å². The number of ether oxygens (including phenoxy) is 1. The van der Waals surface area contributed by atoms with Crippen LogP contribution in [0.15, 0.2) is 51.3 Å². The van der Waals surface area contributed by atoms with Crippen LogP contribution in [0.5, 0.6) is 0 Å². The minimum Gasteiger partial charge on any atom is -0.376 e. The molecule has 27 heavy (non-hydrogen) atoms. The predicted molar refractivity (Wildman–Crippen MR) is 101 cm³/mol. The van der Waals surface area contributed by atoms with Crippen molar-refractivity contribution < 1.29 is 17.9 Å². The normalized spacial score (nSPS) is 17.0. The molecular formula is C18H21N3O4S2.